The molecule has 0 saturated heterocycles. The molecule has 0 aromatic rings. The molecule has 0 spiro atoms. The van der Waals surface area contributed by atoms with E-state index in [4.69, 9.17) is 5.11 Å². The van der Waals surface area contributed by atoms with Gasteiger partial charge in [0.25, 0.3) is 0 Å². The van der Waals surface area contributed by atoms with Crippen LogP contribution in [0.3, 0.4) is 0 Å². The zero-order chi connectivity index (χ0) is 20.9. The Morgan fingerprint density at radius 1 is 0.759 bits per heavy atom. The fourth-order valence-corrected chi connectivity index (χ4v) is 3.51. The summed E-state index contributed by atoms with van der Waals surface area (Å²) in [6, 6.07) is 0. The third-order valence-electron chi connectivity index (χ3n) is 5.33. The zero-order valence-corrected chi connectivity index (χ0v) is 22.3. The zero-order valence-electron chi connectivity index (χ0n) is 19.1. The number of carbonyl (C=O) groups excluding carboxylic acids is 1. The maximum absolute atomic E-state index is 10.9. The Bertz CT molecular complexity index is 410. The van der Waals surface area contributed by atoms with Crippen molar-refractivity contribution in [2.45, 2.75) is 122 Å². The molecule has 0 rings (SSSR count). The maximum atomic E-state index is 10.9. The fourth-order valence-electron chi connectivity index (χ4n) is 3.51. The first kappa shape index (κ1) is 31.5. The van der Waals surface area contributed by atoms with Gasteiger partial charge in [0.1, 0.15) is 0 Å². The quantitative estimate of drug-likeness (QED) is 0.171. The third-order valence-corrected chi connectivity index (χ3v) is 5.33. The first-order chi connectivity index (χ1) is 13.6. The van der Waals surface area contributed by atoms with Gasteiger partial charge >= 0.3 is 57.4 Å². The molecule has 5 heteroatoms. The van der Waals surface area contributed by atoms with E-state index in [2.05, 4.69) is 19.1 Å². The van der Waals surface area contributed by atoms with E-state index in [0.717, 1.165) is 32.1 Å². The standard InChI is InChI=1S/C24H44O4.K/c1-2-3-4-5-6-7-8-9-10-11-12-13-14-15-16-17-18-19-20-22(24(27)28)21-23(25)26;/h14-15,22H,2-13,16-21H2,1H3,(H,25,26)(H,27,28);/q;+1/p-1/b15-14+;. The molecule has 0 heterocycles. The Hall–Kier alpha value is 0.316. The Balaban J connectivity index is 0. The predicted octanol–water partition coefficient (Wildman–Crippen LogP) is 3.04. The molecule has 0 amide bonds. The smallest absolute Gasteiger partial charge is 0.550 e. The van der Waals surface area contributed by atoms with Crippen LogP contribution < -0.4 is 56.5 Å². The van der Waals surface area contributed by atoms with Crippen LogP contribution in [-0.2, 0) is 9.59 Å². The molecule has 1 N–H and O–H groups in total. The van der Waals surface area contributed by atoms with Crippen molar-refractivity contribution >= 4 is 11.9 Å². The molecule has 0 saturated carbocycles. The fraction of sp³-hybridized carbons (Fsp3) is 0.833. The van der Waals surface area contributed by atoms with Crippen LogP contribution in [0.25, 0.3) is 0 Å². The second-order valence-electron chi connectivity index (χ2n) is 8.04. The van der Waals surface area contributed by atoms with Crippen LogP contribution in [0.5, 0.6) is 0 Å². The molecule has 29 heavy (non-hydrogen) atoms. The SMILES string of the molecule is CCCCCCCCCCCCC/C=C/CCCCCC(CC(=O)[O-])C(=O)O.[K+]. The molecule has 0 aromatic carbocycles. The average Bonchev–Trinajstić information content (AvgIpc) is 2.65. The topological polar surface area (TPSA) is 77.4 Å². The molecular weight excluding hydrogens is 391 g/mol. The van der Waals surface area contributed by atoms with Gasteiger partial charge in [-0.05, 0) is 32.1 Å². The summed E-state index contributed by atoms with van der Waals surface area (Å²) in [6.07, 6.45) is 24.6. The van der Waals surface area contributed by atoms with Gasteiger partial charge in [0.15, 0.2) is 0 Å². The van der Waals surface area contributed by atoms with E-state index in [-0.39, 0.29) is 57.8 Å². The first-order valence-electron chi connectivity index (χ1n) is 11.7. The molecule has 1 unspecified atom stereocenters. The van der Waals surface area contributed by atoms with E-state index in [1.165, 1.54) is 70.6 Å². The minimum Gasteiger partial charge on any atom is -0.550 e. The Labute approximate surface area is 221 Å². The van der Waals surface area contributed by atoms with Crippen molar-refractivity contribution in [1.29, 1.82) is 0 Å². The number of hydrogen-bond acceptors (Lipinski definition) is 3. The molecule has 0 aliphatic carbocycles. The van der Waals surface area contributed by atoms with Crippen LogP contribution >= 0.6 is 0 Å². The molecule has 0 aliphatic heterocycles. The second kappa shape index (κ2) is 24.6. The van der Waals surface area contributed by atoms with Crippen LogP contribution in [0.4, 0.5) is 0 Å². The van der Waals surface area contributed by atoms with Gasteiger partial charge in [0.2, 0.25) is 0 Å². The molecule has 164 valence electrons. The van der Waals surface area contributed by atoms with E-state index in [0.29, 0.717) is 6.42 Å². The molecule has 0 bridgehead atoms. The second-order valence-corrected chi connectivity index (χ2v) is 8.04. The summed E-state index contributed by atoms with van der Waals surface area (Å²) in [5.74, 6) is -3.12. The van der Waals surface area contributed by atoms with Gasteiger partial charge in [0.05, 0.1) is 5.92 Å². The number of rotatable bonds is 21. The molecule has 0 aromatic heterocycles. The van der Waals surface area contributed by atoms with Crippen molar-refractivity contribution in [1.82, 2.24) is 0 Å². The average molecular weight is 435 g/mol. The summed E-state index contributed by atoms with van der Waals surface area (Å²) in [6.45, 7) is 2.26. The van der Waals surface area contributed by atoms with E-state index < -0.39 is 17.9 Å². The van der Waals surface area contributed by atoms with Crippen molar-refractivity contribution in [2.24, 2.45) is 5.92 Å². The van der Waals surface area contributed by atoms with Gasteiger partial charge in [-0.2, -0.15) is 0 Å². The molecule has 0 fully saturated rings. The summed E-state index contributed by atoms with van der Waals surface area (Å²) in [5.41, 5.74) is 0. The largest absolute Gasteiger partial charge is 1.00 e. The minimum absolute atomic E-state index is 0. The number of carboxylic acids is 2. The number of aliphatic carboxylic acids is 2. The maximum Gasteiger partial charge on any atom is 1.00 e. The van der Waals surface area contributed by atoms with Crippen LogP contribution in [0.2, 0.25) is 0 Å². The summed E-state index contributed by atoms with van der Waals surface area (Å²) in [5, 5.41) is 19.5. The Morgan fingerprint density at radius 2 is 1.17 bits per heavy atom. The van der Waals surface area contributed by atoms with Crippen LogP contribution in [0.15, 0.2) is 12.2 Å². The van der Waals surface area contributed by atoms with Gasteiger partial charge in [-0.1, -0.05) is 96.1 Å². The van der Waals surface area contributed by atoms with Gasteiger partial charge < -0.3 is 15.0 Å². The molecule has 1 atom stereocenters. The number of allylic oxidation sites excluding steroid dienone is 2. The Morgan fingerprint density at radius 3 is 1.59 bits per heavy atom. The van der Waals surface area contributed by atoms with E-state index in [1.54, 1.807) is 0 Å². The van der Waals surface area contributed by atoms with Crippen LogP contribution in [0, 0.1) is 5.92 Å². The number of unbranched alkanes of at least 4 members (excludes halogenated alkanes) is 14. The summed E-state index contributed by atoms with van der Waals surface area (Å²) < 4.78 is 0. The number of carboxylic acid groups (broad SMARTS) is 2. The monoisotopic (exact) mass is 434 g/mol. The van der Waals surface area contributed by atoms with E-state index >= 15 is 0 Å². The van der Waals surface area contributed by atoms with E-state index in [1.807, 2.05) is 0 Å². The van der Waals surface area contributed by atoms with Crippen molar-refractivity contribution in [3.8, 4) is 0 Å². The summed E-state index contributed by atoms with van der Waals surface area (Å²) in [4.78, 5) is 21.5. The molecule has 0 radical (unpaired) electrons. The molecule has 4 nitrogen and oxygen atoms in total. The molecular formula is C24H43KO4. The predicted molar refractivity (Wildman–Crippen MR) is 114 cm³/mol. The van der Waals surface area contributed by atoms with Gasteiger partial charge in [-0.15, -0.1) is 0 Å². The van der Waals surface area contributed by atoms with Crippen molar-refractivity contribution in [2.75, 3.05) is 0 Å². The van der Waals surface area contributed by atoms with Gasteiger partial charge in [-0.3, -0.25) is 4.79 Å². The first-order valence-corrected chi connectivity index (χ1v) is 11.7. The van der Waals surface area contributed by atoms with Crippen LogP contribution in [-0.4, -0.2) is 17.0 Å². The van der Waals surface area contributed by atoms with Crippen LogP contribution in [0.1, 0.15) is 122 Å². The number of hydrogen-bond donors (Lipinski definition) is 1. The van der Waals surface area contributed by atoms with Crippen molar-refractivity contribution < 1.29 is 71.2 Å². The van der Waals surface area contributed by atoms with Gasteiger partial charge in [-0.25, -0.2) is 0 Å². The van der Waals surface area contributed by atoms with E-state index in [9.17, 15) is 14.7 Å². The summed E-state index contributed by atoms with van der Waals surface area (Å²) >= 11 is 0. The van der Waals surface area contributed by atoms with Crippen molar-refractivity contribution in [3.63, 3.8) is 0 Å². The third kappa shape index (κ3) is 24.5. The van der Waals surface area contributed by atoms with Crippen molar-refractivity contribution in [3.05, 3.63) is 12.2 Å². The Kier molecular flexibility index (Phi) is 26.7. The summed E-state index contributed by atoms with van der Waals surface area (Å²) in [7, 11) is 0. The number of carbonyl (C=O) groups is 2. The normalized spacial score (nSPS) is 12.0. The molecule has 0 aliphatic rings. The van der Waals surface area contributed by atoms with Gasteiger partial charge in [0, 0.05) is 12.4 Å². The minimum atomic E-state index is -1.28.